The molecule has 0 bridgehead atoms. The standard InChI is InChI=1S/C11H11N3O2/c1-13-11(15)8-4-5-10(9(6-12)14-8)16-7-2-3-7/h4-5,7H,2-3H2,1H3,(H,13,15). The van der Waals surface area contributed by atoms with Gasteiger partial charge in [0.25, 0.3) is 5.91 Å². The molecule has 0 aromatic carbocycles. The Morgan fingerprint density at radius 1 is 1.62 bits per heavy atom. The second-order valence-electron chi connectivity index (χ2n) is 3.55. The molecule has 5 heteroatoms. The van der Waals surface area contributed by atoms with Gasteiger partial charge in [-0.25, -0.2) is 4.98 Å². The third kappa shape index (κ3) is 2.11. The summed E-state index contributed by atoms with van der Waals surface area (Å²) in [6.45, 7) is 0. The lowest BCUT2D eigenvalue weighted by atomic mass is 10.2. The number of carbonyl (C=O) groups excluding carboxylic acids is 1. The van der Waals surface area contributed by atoms with Crippen LogP contribution in [0.1, 0.15) is 29.0 Å². The van der Waals surface area contributed by atoms with Gasteiger partial charge in [-0.1, -0.05) is 0 Å². The summed E-state index contributed by atoms with van der Waals surface area (Å²) in [7, 11) is 1.52. The summed E-state index contributed by atoms with van der Waals surface area (Å²) in [6, 6.07) is 5.10. The first-order valence-corrected chi connectivity index (χ1v) is 5.04. The Bertz CT molecular complexity index is 461. The summed E-state index contributed by atoms with van der Waals surface area (Å²) in [5.74, 6) is 0.145. The molecule has 16 heavy (non-hydrogen) atoms. The van der Waals surface area contributed by atoms with Crippen LogP contribution in [0.3, 0.4) is 0 Å². The van der Waals surface area contributed by atoms with Crippen LogP contribution in [0.2, 0.25) is 0 Å². The third-order valence-electron chi connectivity index (χ3n) is 2.24. The van der Waals surface area contributed by atoms with Crippen molar-refractivity contribution < 1.29 is 9.53 Å². The fourth-order valence-corrected chi connectivity index (χ4v) is 1.24. The van der Waals surface area contributed by atoms with Crippen LogP contribution in [-0.2, 0) is 0 Å². The lowest BCUT2D eigenvalue weighted by molar-refractivity contribution is 0.0958. The fourth-order valence-electron chi connectivity index (χ4n) is 1.24. The van der Waals surface area contributed by atoms with Gasteiger partial charge >= 0.3 is 0 Å². The normalized spacial score (nSPS) is 14.0. The number of nitrogens with one attached hydrogen (secondary N) is 1. The molecular formula is C11H11N3O2. The van der Waals surface area contributed by atoms with Crippen molar-refractivity contribution in [3.05, 3.63) is 23.5 Å². The first-order valence-electron chi connectivity index (χ1n) is 5.04. The molecule has 0 atom stereocenters. The summed E-state index contributed by atoms with van der Waals surface area (Å²) < 4.78 is 5.50. The van der Waals surface area contributed by atoms with Gasteiger partial charge in [0.2, 0.25) is 0 Å². The van der Waals surface area contributed by atoms with Gasteiger partial charge in [0.1, 0.15) is 11.8 Å². The molecular weight excluding hydrogens is 206 g/mol. The van der Waals surface area contributed by atoms with Crippen molar-refractivity contribution in [2.75, 3.05) is 7.05 Å². The van der Waals surface area contributed by atoms with E-state index in [1.165, 1.54) is 7.05 Å². The zero-order chi connectivity index (χ0) is 11.5. The molecule has 1 aliphatic carbocycles. The van der Waals surface area contributed by atoms with Crippen LogP contribution in [0.5, 0.6) is 5.75 Å². The zero-order valence-electron chi connectivity index (χ0n) is 8.86. The molecule has 0 unspecified atom stereocenters. The monoisotopic (exact) mass is 217 g/mol. The van der Waals surface area contributed by atoms with E-state index in [4.69, 9.17) is 10.00 Å². The minimum Gasteiger partial charge on any atom is -0.487 e. The molecule has 1 aliphatic rings. The number of rotatable bonds is 3. The molecule has 5 nitrogen and oxygen atoms in total. The molecule has 1 saturated carbocycles. The Balaban J connectivity index is 2.27. The first kappa shape index (κ1) is 10.4. The highest BCUT2D eigenvalue weighted by Gasteiger charge is 2.25. The molecule has 1 fully saturated rings. The van der Waals surface area contributed by atoms with E-state index in [-0.39, 0.29) is 23.4 Å². The van der Waals surface area contributed by atoms with Crippen molar-refractivity contribution >= 4 is 5.91 Å². The minimum atomic E-state index is -0.311. The third-order valence-corrected chi connectivity index (χ3v) is 2.24. The lowest BCUT2D eigenvalue weighted by Gasteiger charge is -2.06. The number of amides is 1. The summed E-state index contributed by atoms with van der Waals surface area (Å²) in [6.07, 6.45) is 2.24. The highest BCUT2D eigenvalue weighted by molar-refractivity contribution is 5.92. The number of ether oxygens (including phenoxy) is 1. The average molecular weight is 217 g/mol. The van der Waals surface area contributed by atoms with Crippen molar-refractivity contribution in [2.24, 2.45) is 0 Å². The van der Waals surface area contributed by atoms with E-state index in [9.17, 15) is 4.79 Å². The van der Waals surface area contributed by atoms with Crippen LogP contribution in [0, 0.1) is 11.3 Å². The summed E-state index contributed by atoms with van der Waals surface area (Å²) in [5, 5.41) is 11.4. The Hall–Kier alpha value is -2.09. The van der Waals surface area contributed by atoms with Crippen LogP contribution in [-0.4, -0.2) is 24.0 Å². The van der Waals surface area contributed by atoms with Crippen molar-refractivity contribution in [2.45, 2.75) is 18.9 Å². The number of nitrogens with zero attached hydrogens (tertiary/aromatic N) is 2. The van der Waals surface area contributed by atoms with Crippen molar-refractivity contribution in [1.29, 1.82) is 5.26 Å². The molecule has 2 rings (SSSR count). The fraction of sp³-hybridized carbons (Fsp3) is 0.364. The van der Waals surface area contributed by atoms with Crippen LogP contribution < -0.4 is 10.1 Å². The van der Waals surface area contributed by atoms with E-state index < -0.39 is 0 Å². The van der Waals surface area contributed by atoms with Crippen molar-refractivity contribution in [1.82, 2.24) is 10.3 Å². The molecule has 0 aliphatic heterocycles. The highest BCUT2D eigenvalue weighted by atomic mass is 16.5. The van der Waals surface area contributed by atoms with Gasteiger partial charge in [-0.15, -0.1) is 0 Å². The predicted octanol–water partition coefficient (Wildman–Crippen LogP) is 0.854. The molecule has 0 saturated heterocycles. The van der Waals surface area contributed by atoms with E-state index in [1.54, 1.807) is 12.1 Å². The van der Waals surface area contributed by atoms with Gasteiger partial charge in [0.05, 0.1) is 6.10 Å². The largest absolute Gasteiger partial charge is 0.487 e. The predicted molar refractivity (Wildman–Crippen MR) is 56.0 cm³/mol. The number of carbonyl (C=O) groups is 1. The topological polar surface area (TPSA) is 75.0 Å². The summed E-state index contributed by atoms with van der Waals surface area (Å²) in [5.41, 5.74) is 0.384. The number of pyridine rings is 1. The Morgan fingerprint density at radius 2 is 2.38 bits per heavy atom. The van der Waals surface area contributed by atoms with E-state index in [0.29, 0.717) is 5.75 Å². The van der Waals surface area contributed by atoms with E-state index in [1.807, 2.05) is 6.07 Å². The van der Waals surface area contributed by atoms with Crippen LogP contribution in [0.4, 0.5) is 0 Å². The van der Waals surface area contributed by atoms with Gasteiger partial charge < -0.3 is 10.1 Å². The van der Waals surface area contributed by atoms with Gasteiger partial charge in [0, 0.05) is 7.05 Å². The zero-order valence-corrected chi connectivity index (χ0v) is 8.86. The van der Waals surface area contributed by atoms with Crippen LogP contribution in [0.25, 0.3) is 0 Å². The van der Waals surface area contributed by atoms with Crippen molar-refractivity contribution in [3.8, 4) is 11.8 Å². The van der Waals surface area contributed by atoms with Gasteiger partial charge in [0.15, 0.2) is 11.4 Å². The van der Waals surface area contributed by atoms with Crippen LogP contribution >= 0.6 is 0 Å². The van der Waals surface area contributed by atoms with Gasteiger partial charge in [-0.2, -0.15) is 5.26 Å². The molecule has 0 radical (unpaired) electrons. The quantitative estimate of drug-likeness (QED) is 0.814. The molecule has 1 aromatic heterocycles. The van der Waals surface area contributed by atoms with E-state index >= 15 is 0 Å². The molecule has 1 aromatic rings. The smallest absolute Gasteiger partial charge is 0.269 e. The molecule has 0 spiro atoms. The Kier molecular flexibility index (Phi) is 2.73. The number of aromatic nitrogens is 1. The van der Waals surface area contributed by atoms with Gasteiger partial charge in [-0.3, -0.25) is 4.79 Å². The number of hydrogen-bond acceptors (Lipinski definition) is 4. The second kappa shape index (κ2) is 4.19. The maximum Gasteiger partial charge on any atom is 0.269 e. The van der Waals surface area contributed by atoms with Crippen molar-refractivity contribution in [3.63, 3.8) is 0 Å². The molecule has 82 valence electrons. The maximum absolute atomic E-state index is 11.3. The van der Waals surface area contributed by atoms with Crippen LogP contribution in [0.15, 0.2) is 12.1 Å². The second-order valence-corrected chi connectivity index (χ2v) is 3.55. The minimum absolute atomic E-state index is 0.160. The lowest BCUT2D eigenvalue weighted by Crippen LogP contribution is -2.19. The average Bonchev–Trinajstić information content (AvgIpc) is 3.12. The highest BCUT2D eigenvalue weighted by Crippen LogP contribution is 2.28. The Labute approximate surface area is 93.1 Å². The van der Waals surface area contributed by atoms with E-state index in [0.717, 1.165) is 12.8 Å². The first-order chi connectivity index (χ1) is 7.74. The SMILES string of the molecule is CNC(=O)c1ccc(OC2CC2)c(C#N)n1. The summed E-state index contributed by atoms with van der Waals surface area (Å²) >= 11 is 0. The summed E-state index contributed by atoms with van der Waals surface area (Å²) in [4.78, 5) is 15.2. The number of nitriles is 1. The van der Waals surface area contributed by atoms with E-state index in [2.05, 4.69) is 10.3 Å². The number of hydrogen-bond donors (Lipinski definition) is 1. The molecule has 1 amide bonds. The Morgan fingerprint density at radius 3 is 2.94 bits per heavy atom. The van der Waals surface area contributed by atoms with Gasteiger partial charge in [-0.05, 0) is 25.0 Å². The maximum atomic E-state index is 11.3. The molecule has 1 heterocycles. The molecule has 1 N–H and O–H groups in total.